The summed E-state index contributed by atoms with van der Waals surface area (Å²) in [5, 5.41) is 7.75. The van der Waals surface area contributed by atoms with Crippen LogP contribution in [0.15, 0.2) is 23.4 Å². The molecular formula is C6H5ClNO3+. The molecule has 1 aliphatic carbocycles. The van der Waals surface area contributed by atoms with E-state index in [1.807, 2.05) is 0 Å². The van der Waals surface area contributed by atoms with Crippen LogP contribution in [0.1, 0.15) is 6.42 Å². The van der Waals surface area contributed by atoms with Crippen LogP contribution in [0, 0.1) is 4.91 Å². The maximum absolute atomic E-state index is 10.5. The lowest BCUT2D eigenvalue weighted by molar-refractivity contribution is -0.755. The van der Waals surface area contributed by atoms with Crippen molar-refractivity contribution in [1.82, 2.24) is 0 Å². The minimum absolute atomic E-state index is 0.119. The van der Waals surface area contributed by atoms with Crippen LogP contribution in [0.2, 0.25) is 0 Å². The molecule has 1 aliphatic rings. The van der Waals surface area contributed by atoms with Gasteiger partial charge in [0.1, 0.15) is 0 Å². The highest BCUT2D eigenvalue weighted by molar-refractivity contribution is 6.68. The number of carbonyl (C=O) groups is 1. The SMILES string of the molecule is O=C(Cl)C1=CCC([N+](=O)O)=C1. The molecule has 0 atom stereocenters. The molecule has 0 aromatic rings. The second kappa shape index (κ2) is 2.84. The molecule has 0 saturated heterocycles. The fourth-order valence-electron chi connectivity index (χ4n) is 0.782. The molecule has 0 fully saturated rings. The van der Waals surface area contributed by atoms with Gasteiger partial charge in [0.2, 0.25) is 0 Å². The van der Waals surface area contributed by atoms with Gasteiger partial charge < -0.3 is 0 Å². The normalized spacial score (nSPS) is 15.7. The third kappa shape index (κ3) is 1.65. The average Bonchev–Trinajstić information content (AvgIpc) is 2.33. The average molecular weight is 175 g/mol. The van der Waals surface area contributed by atoms with Crippen molar-refractivity contribution < 1.29 is 14.9 Å². The zero-order chi connectivity index (χ0) is 8.43. The number of carbonyl (C=O) groups excluding carboxylic acids is 1. The van der Waals surface area contributed by atoms with Crippen LogP contribution in [0.4, 0.5) is 0 Å². The Balaban J connectivity index is 2.79. The number of halogens is 1. The summed E-state index contributed by atoms with van der Waals surface area (Å²) in [5.41, 5.74) is 0.366. The Hall–Kier alpha value is -1.16. The van der Waals surface area contributed by atoms with Crippen molar-refractivity contribution in [2.45, 2.75) is 6.42 Å². The lowest BCUT2D eigenvalue weighted by Crippen LogP contribution is -1.98. The van der Waals surface area contributed by atoms with E-state index < -0.39 is 5.24 Å². The van der Waals surface area contributed by atoms with E-state index in [0.717, 1.165) is 0 Å². The van der Waals surface area contributed by atoms with Crippen molar-refractivity contribution in [1.29, 1.82) is 0 Å². The predicted molar refractivity (Wildman–Crippen MR) is 37.1 cm³/mol. The summed E-state index contributed by atoms with van der Waals surface area (Å²) in [6, 6.07) is 0. The molecule has 4 nitrogen and oxygen atoms in total. The summed E-state index contributed by atoms with van der Waals surface area (Å²) in [6.07, 6.45) is 2.97. The first-order valence-corrected chi connectivity index (χ1v) is 3.26. The first-order valence-electron chi connectivity index (χ1n) is 2.88. The first kappa shape index (κ1) is 7.94. The summed E-state index contributed by atoms with van der Waals surface area (Å²) in [5.74, 6) is 0. The van der Waals surface area contributed by atoms with Gasteiger partial charge in [-0.3, -0.25) is 4.79 Å². The van der Waals surface area contributed by atoms with Crippen LogP contribution < -0.4 is 0 Å². The minimum atomic E-state index is -0.623. The van der Waals surface area contributed by atoms with E-state index >= 15 is 0 Å². The Kier molecular flexibility index (Phi) is 2.05. The highest BCUT2D eigenvalue weighted by atomic mass is 35.5. The van der Waals surface area contributed by atoms with Crippen molar-refractivity contribution in [2.75, 3.05) is 0 Å². The van der Waals surface area contributed by atoms with Crippen molar-refractivity contribution in [3.8, 4) is 0 Å². The van der Waals surface area contributed by atoms with Gasteiger partial charge in [-0.2, -0.15) is 0 Å². The smallest absolute Gasteiger partial charge is 0.276 e. The van der Waals surface area contributed by atoms with Crippen molar-refractivity contribution >= 4 is 16.8 Å². The van der Waals surface area contributed by atoms with Crippen molar-refractivity contribution in [3.05, 3.63) is 28.3 Å². The zero-order valence-electron chi connectivity index (χ0n) is 5.45. The van der Waals surface area contributed by atoms with Gasteiger partial charge in [0, 0.05) is 11.6 Å². The molecule has 0 aliphatic heterocycles. The summed E-state index contributed by atoms with van der Waals surface area (Å²) in [6.45, 7) is 0. The van der Waals surface area contributed by atoms with E-state index in [1.165, 1.54) is 12.2 Å². The molecule has 0 radical (unpaired) electrons. The van der Waals surface area contributed by atoms with Gasteiger partial charge in [-0.25, -0.2) is 5.21 Å². The van der Waals surface area contributed by atoms with E-state index in [2.05, 4.69) is 0 Å². The maximum atomic E-state index is 10.5. The lowest BCUT2D eigenvalue weighted by Gasteiger charge is -1.81. The molecule has 0 unspecified atom stereocenters. The molecule has 11 heavy (non-hydrogen) atoms. The van der Waals surface area contributed by atoms with Crippen LogP contribution in [-0.2, 0) is 4.79 Å². The molecule has 0 heterocycles. The molecule has 1 rings (SSSR count). The summed E-state index contributed by atoms with van der Waals surface area (Å²) < 4.78 is 0. The van der Waals surface area contributed by atoms with Gasteiger partial charge in [-0.05, 0) is 11.6 Å². The van der Waals surface area contributed by atoms with E-state index in [-0.39, 0.29) is 22.6 Å². The van der Waals surface area contributed by atoms with Gasteiger partial charge in [0.05, 0.1) is 11.3 Å². The minimum Gasteiger partial charge on any atom is -0.276 e. The standard InChI is InChI=1S/C6H5ClNO3/c7-6(9)4-1-2-5(3-4)8(10)11/h1,3H,2H2,(H,10,11)/q+1. The number of rotatable bonds is 2. The Bertz CT molecular complexity index is 280. The topological polar surface area (TPSA) is 57.4 Å². The summed E-state index contributed by atoms with van der Waals surface area (Å²) in [4.78, 5) is 20.4. The Labute approximate surface area is 67.3 Å². The van der Waals surface area contributed by atoms with Gasteiger partial charge in [-0.15, -0.1) is 0 Å². The summed E-state index contributed by atoms with van der Waals surface area (Å²) in [7, 11) is 0. The predicted octanol–water partition coefficient (Wildman–Crippen LogP) is 1.13. The molecule has 5 heteroatoms. The second-order valence-corrected chi connectivity index (χ2v) is 2.39. The number of nitrogens with zero attached hydrogens (tertiary/aromatic N) is 1. The maximum Gasteiger partial charge on any atom is 0.297 e. The molecule has 0 spiro atoms. The first-order chi connectivity index (χ1) is 5.11. The van der Waals surface area contributed by atoms with Crippen LogP contribution in [0.25, 0.3) is 0 Å². The van der Waals surface area contributed by atoms with Gasteiger partial charge >= 0.3 is 0 Å². The second-order valence-electron chi connectivity index (χ2n) is 2.05. The van der Waals surface area contributed by atoms with Gasteiger partial charge in [0.25, 0.3) is 15.9 Å². The molecular weight excluding hydrogens is 170 g/mol. The van der Waals surface area contributed by atoms with E-state index in [0.29, 0.717) is 0 Å². The molecule has 1 N–H and O–H groups in total. The van der Waals surface area contributed by atoms with E-state index in [1.54, 1.807) is 0 Å². The highest BCUT2D eigenvalue weighted by Crippen LogP contribution is 2.18. The van der Waals surface area contributed by atoms with Crippen LogP contribution in [0.3, 0.4) is 0 Å². The third-order valence-electron chi connectivity index (χ3n) is 1.33. The zero-order valence-corrected chi connectivity index (χ0v) is 6.21. The van der Waals surface area contributed by atoms with Gasteiger partial charge in [-0.1, -0.05) is 6.08 Å². The van der Waals surface area contributed by atoms with Crippen LogP contribution >= 0.6 is 11.6 Å². The third-order valence-corrected chi connectivity index (χ3v) is 1.54. The molecule has 0 bridgehead atoms. The Morgan fingerprint density at radius 2 is 2.36 bits per heavy atom. The van der Waals surface area contributed by atoms with Crippen LogP contribution in [-0.4, -0.2) is 15.4 Å². The number of hydrogen-bond acceptors (Lipinski definition) is 2. The molecule has 0 aromatic carbocycles. The molecule has 0 amide bonds. The van der Waals surface area contributed by atoms with Crippen molar-refractivity contribution in [2.24, 2.45) is 0 Å². The molecule has 58 valence electrons. The van der Waals surface area contributed by atoms with Crippen molar-refractivity contribution in [3.63, 3.8) is 0 Å². The van der Waals surface area contributed by atoms with E-state index in [4.69, 9.17) is 16.8 Å². The van der Waals surface area contributed by atoms with Gasteiger partial charge in [0.15, 0.2) is 0 Å². The fourth-order valence-corrected chi connectivity index (χ4v) is 0.914. The number of hydrogen-bond donors (Lipinski definition) is 1. The molecule has 0 saturated carbocycles. The Morgan fingerprint density at radius 1 is 1.73 bits per heavy atom. The largest absolute Gasteiger partial charge is 0.297 e. The van der Waals surface area contributed by atoms with Crippen LogP contribution in [0.5, 0.6) is 0 Å². The molecule has 0 aromatic heterocycles. The number of allylic oxidation sites excluding steroid dienone is 3. The monoisotopic (exact) mass is 174 g/mol. The summed E-state index contributed by atoms with van der Waals surface area (Å²) >= 11 is 5.10. The van der Waals surface area contributed by atoms with E-state index in [9.17, 15) is 9.70 Å². The Morgan fingerprint density at radius 3 is 2.64 bits per heavy atom. The highest BCUT2D eigenvalue weighted by Gasteiger charge is 2.23. The quantitative estimate of drug-likeness (QED) is 0.505. The fraction of sp³-hybridized carbons (Fsp3) is 0.167. The lowest BCUT2D eigenvalue weighted by atomic mass is 10.3.